The Labute approximate surface area is 197 Å². The maximum Gasteiger partial charge on any atom is 0.338 e. The first-order valence-electron chi connectivity index (χ1n) is 10.9. The molecule has 0 spiro atoms. The van der Waals surface area contributed by atoms with Gasteiger partial charge in [0.15, 0.2) is 0 Å². The third kappa shape index (κ3) is 5.65. The van der Waals surface area contributed by atoms with Crippen molar-refractivity contribution in [2.45, 2.75) is 39.7 Å². The fourth-order valence-corrected chi connectivity index (χ4v) is 4.79. The van der Waals surface area contributed by atoms with Crippen LogP contribution < -0.4 is 5.32 Å². The molecule has 0 radical (unpaired) electrons. The fraction of sp³-hybridized carbons (Fsp3) is 0.222. The van der Waals surface area contributed by atoms with Gasteiger partial charge in [0, 0.05) is 17.0 Å². The second-order valence-corrected chi connectivity index (χ2v) is 9.36. The SMILES string of the molecule is Cc1nc(Cc2cccc3ccccc23)sc1CC(=O)Nc1cccc(C(=O)OC(C)C)c1. The third-order valence-electron chi connectivity index (χ3n) is 5.20. The van der Waals surface area contributed by atoms with E-state index in [2.05, 4.69) is 35.6 Å². The summed E-state index contributed by atoms with van der Waals surface area (Å²) in [5.74, 6) is -0.551. The molecule has 0 unspecified atom stereocenters. The van der Waals surface area contributed by atoms with Crippen molar-refractivity contribution in [2.24, 2.45) is 0 Å². The molecule has 0 atom stereocenters. The predicted octanol–water partition coefficient (Wildman–Crippen LogP) is 5.94. The summed E-state index contributed by atoms with van der Waals surface area (Å²) in [6, 6.07) is 21.4. The van der Waals surface area contributed by atoms with Gasteiger partial charge in [0.05, 0.1) is 28.8 Å². The molecule has 5 nitrogen and oxygen atoms in total. The highest BCUT2D eigenvalue weighted by molar-refractivity contribution is 7.11. The van der Waals surface area contributed by atoms with Crippen molar-refractivity contribution < 1.29 is 14.3 Å². The normalized spacial score (nSPS) is 11.0. The number of aryl methyl sites for hydroxylation is 1. The molecule has 3 aromatic carbocycles. The maximum absolute atomic E-state index is 12.7. The molecule has 1 amide bonds. The maximum atomic E-state index is 12.7. The molecule has 1 N–H and O–H groups in total. The Morgan fingerprint density at radius 3 is 2.61 bits per heavy atom. The number of amides is 1. The highest BCUT2D eigenvalue weighted by Crippen LogP contribution is 2.26. The average molecular weight is 459 g/mol. The molecule has 0 saturated heterocycles. The first-order chi connectivity index (χ1) is 15.9. The Kier molecular flexibility index (Phi) is 6.84. The number of anilines is 1. The number of nitrogens with one attached hydrogen (secondary N) is 1. The van der Waals surface area contributed by atoms with E-state index < -0.39 is 5.97 Å². The van der Waals surface area contributed by atoms with Gasteiger partial charge in [-0.15, -0.1) is 11.3 Å². The first kappa shape index (κ1) is 22.7. The third-order valence-corrected chi connectivity index (χ3v) is 6.36. The Hall–Kier alpha value is -3.51. The van der Waals surface area contributed by atoms with Crippen LogP contribution in [0.5, 0.6) is 0 Å². The van der Waals surface area contributed by atoms with Gasteiger partial charge in [-0.25, -0.2) is 9.78 Å². The van der Waals surface area contributed by atoms with Gasteiger partial charge in [-0.3, -0.25) is 4.79 Å². The van der Waals surface area contributed by atoms with Crippen LogP contribution >= 0.6 is 11.3 Å². The highest BCUT2D eigenvalue weighted by Gasteiger charge is 2.15. The summed E-state index contributed by atoms with van der Waals surface area (Å²) in [6.45, 7) is 5.54. The topological polar surface area (TPSA) is 68.3 Å². The van der Waals surface area contributed by atoms with E-state index in [4.69, 9.17) is 9.72 Å². The number of esters is 1. The minimum absolute atomic E-state index is 0.146. The molecule has 0 aliphatic rings. The number of carbonyl (C=O) groups excluding carboxylic acids is 2. The molecule has 33 heavy (non-hydrogen) atoms. The number of aromatic nitrogens is 1. The predicted molar refractivity (Wildman–Crippen MR) is 133 cm³/mol. The van der Waals surface area contributed by atoms with Crippen molar-refractivity contribution in [3.8, 4) is 0 Å². The lowest BCUT2D eigenvalue weighted by molar-refractivity contribution is -0.115. The van der Waals surface area contributed by atoms with E-state index in [0.29, 0.717) is 11.3 Å². The van der Waals surface area contributed by atoms with E-state index in [1.54, 1.807) is 49.4 Å². The number of rotatable bonds is 7. The van der Waals surface area contributed by atoms with Crippen molar-refractivity contribution in [1.29, 1.82) is 0 Å². The summed E-state index contributed by atoms with van der Waals surface area (Å²) < 4.78 is 5.23. The lowest BCUT2D eigenvalue weighted by Crippen LogP contribution is -2.15. The number of hydrogen-bond donors (Lipinski definition) is 1. The smallest absolute Gasteiger partial charge is 0.338 e. The van der Waals surface area contributed by atoms with Gasteiger partial charge in [0.2, 0.25) is 5.91 Å². The molecule has 168 valence electrons. The van der Waals surface area contributed by atoms with E-state index in [0.717, 1.165) is 22.0 Å². The van der Waals surface area contributed by atoms with E-state index >= 15 is 0 Å². The lowest BCUT2D eigenvalue weighted by Gasteiger charge is -2.09. The second kappa shape index (κ2) is 9.96. The number of thiazole rings is 1. The van der Waals surface area contributed by atoms with E-state index in [1.165, 1.54) is 16.3 Å². The molecule has 4 rings (SSSR count). The van der Waals surface area contributed by atoms with Crippen molar-refractivity contribution in [3.63, 3.8) is 0 Å². The zero-order valence-corrected chi connectivity index (χ0v) is 19.7. The van der Waals surface area contributed by atoms with Gasteiger partial charge in [-0.1, -0.05) is 48.5 Å². The summed E-state index contributed by atoms with van der Waals surface area (Å²) in [5, 5.41) is 6.31. The van der Waals surface area contributed by atoms with E-state index in [1.807, 2.05) is 19.1 Å². The summed E-state index contributed by atoms with van der Waals surface area (Å²) in [5.41, 5.74) is 3.08. The molecule has 1 heterocycles. The van der Waals surface area contributed by atoms with Crippen LogP contribution in [-0.4, -0.2) is 23.0 Å². The Bertz CT molecular complexity index is 1300. The standard InChI is InChI=1S/C27H26N2O3S/c1-17(2)32-27(31)21-11-7-12-22(14-21)29-25(30)16-24-18(3)28-26(33-24)15-20-10-6-9-19-8-4-5-13-23(19)20/h4-14,17H,15-16H2,1-3H3,(H,29,30). The quantitative estimate of drug-likeness (QED) is 0.348. The van der Waals surface area contributed by atoms with Crippen LogP contribution in [0.15, 0.2) is 66.7 Å². The summed E-state index contributed by atoms with van der Waals surface area (Å²) in [7, 11) is 0. The fourth-order valence-electron chi connectivity index (χ4n) is 3.69. The molecule has 0 aliphatic heterocycles. The minimum atomic E-state index is -0.405. The Morgan fingerprint density at radius 2 is 1.79 bits per heavy atom. The van der Waals surface area contributed by atoms with Gasteiger partial charge < -0.3 is 10.1 Å². The van der Waals surface area contributed by atoms with Gasteiger partial charge >= 0.3 is 5.97 Å². The van der Waals surface area contributed by atoms with Gasteiger partial charge in [-0.05, 0) is 55.3 Å². The average Bonchev–Trinajstić information content (AvgIpc) is 3.12. The van der Waals surface area contributed by atoms with Crippen LogP contribution in [0, 0.1) is 6.92 Å². The zero-order chi connectivity index (χ0) is 23.4. The first-order valence-corrected chi connectivity index (χ1v) is 11.7. The van der Waals surface area contributed by atoms with E-state index in [9.17, 15) is 9.59 Å². The largest absolute Gasteiger partial charge is 0.459 e. The van der Waals surface area contributed by atoms with Crippen molar-refractivity contribution in [1.82, 2.24) is 4.98 Å². The second-order valence-electron chi connectivity index (χ2n) is 8.19. The van der Waals surface area contributed by atoms with Crippen LogP contribution in [0.2, 0.25) is 0 Å². The molecule has 0 saturated carbocycles. The molecular weight excluding hydrogens is 432 g/mol. The van der Waals surface area contributed by atoms with Crippen LogP contribution in [0.25, 0.3) is 10.8 Å². The molecule has 1 aromatic heterocycles. The molecule has 0 fully saturated rings. The number of fused-ring (bicyclic) bond motifs is 1. The molecular formula is C27H26N2O3S. The minimum Gasteiger partial charge on any atom is -0.459 e. The Balaban J connectivity index is 1.44. The van der Waals surface area contributed by atoms with Gasteiger partial charge in [0.1, 0.15) is 0 Å². The number of benzene rings is 3. The van der Waals surface area contributed by atoms with Gasteiger partial charge in [0.25, 0.3) is 0 Å². The van der Waals surface area contributed by atoms with Crippen LogP contribution in [0.4, 0.5) is 5.69 Å². The summed E-state index contributed by atoms with van der Waals surface area (Å²) in [4.78, 5) is 30.5. The molecule has 0 bridgehead atoms. The zero-order valence-electron chi connectivity index (χ0n) is 18.9. The monoisotopic (exact) mass is 458 g/mol. The van der Waals surface area contributed by atoms with Crippen LogP contribution in [0.3, 0.4) is 0 Å². The number of hydrogen-bond acceptors (Lipinski definition) is 5. The molecule has 4 aromatic rings. The van der Waals surface area contributed by atoms with Crippen LogP contribution in [-0.2, 0) is 22.4 Å². The summed E-state index contributed by atoms with van der Waals surface area (Å²) >= 11 is 1.57. The molecule has 6 heteroatoms. The lowest BCUT2D eigenvalue weighted by atomic mass is 10.0. The van der Waals surface area contributed by atoms with Gasteiger partial charge in [-0.2, -0.15) is 0 Å². The Morgan fingerprint density at radius 1 is 1.03 bits per heavy atom. The number of ether oxygens (including phenoxy) is 1. The van der Waals surface area contributed by atoms with Crippen LogP contribution in [0.1, 0.15) is 45.3 Å². The summed E-state index contributed by atoms with van der Waals surface area (Å²) in [6.07, 6.45) is 0.766. The van der Waals surface area contributed by atoms with Crippen molar-refractivity contribution >= 4 is 39.7 Å². The van der Waals surface area contributed by atoms with E-state index in [-0.39, 0.29) is 18.4 Å². The van der Waals surface area contributed by atoms with Crippen molar-refractivity contribution in [2.75, 3.05) is 5.32 Å². The molecule has 0 aliphatic carbocycles. The highest BCUT2D eigenvalue weighted by atomic mass is 32.1. The van der Waals surface area contributed by atoms with Crippen molar-refractivity contribution in [3.05, 3.63) is 93.4 Å². The number of nitrogens with zero attached hydrogens (tertiary/aromatic N) is 1. The number of carbonyl (C=O) groups is 2.